The molecule has 3 fully saturated rings. The van der Waals surface area contributed by atoms with Crippen LogP contribution in [-0.4, -0.2) is 84.2 Å². The van der Waals surface area contributed by atoms with Gasteiger partial charge in [0.2, 0.25) is 11.9 Å². The summed E-state index contributed by atoms with van der Waals surface area (Å²) in [5.41, 5.74) is 2.41. The lowest BCUT2D eigenvalue weighted by atomic mass is 9.89. The molecule has 8 heteroatoms. The minimum Gasteiger partial charge on any atom is -0.341 e. The molecule has 2 heterocycles. The topological polar surface area (TPSA) is 84.9 Å². The lowest BCUT2D eigenvalue weighted by molar-refractivity contribution is -0.134. The Hall–Kier alpha value is -2.22. The molecule has 1 aliphatic heterocycles. The van der Waals surface area contributed by atoms with Crippen molar-refractivity contribution < 1.29 is 4.79 Å². The molecular formula is C28H46N6O2. The fraction of sp³-hybridized carbons (Fsp3) is 0.786. The first-order chi connectivity index (χ1) is 17.5. The van der Waals surface area contributed by atoms with E-state index in [1.54, 1.807) is 7.05 Å². The van der Waals surface area contributed by atoms with Crippen molar-refractivity contribution in [3.63, 3.8) is 0 Å². The summed E-state index contributed by atoms with van der Waals surface area (Å²) < 4.78 is 0. The Bertz CT molecular complexity index is 955. The van der Waals surface area contributed by atoms with Crippen molar-refractivity contribution in [1.82, 2.24) is 19.8 Å². The number of nitrogens with one attached hydrogen (secondary N) is 1. The Morgan fingerprint density at radius 3 is 2.42 bits per heavy atom. The summed E-state index contributed by atoms with van der Waals surface area (Å²) in [6, 6.07) is 0. The molecule has 0 radical (unpaired) electrons. The van der Waals surface area contributed by atoms with Crippen molar-refractivity contribution in [1.29, 1.82) is 0 Å². The highest BCUT2D eigenvalue weighted by atomic mass is 16.2. The maximum Gasteiger partial charge on any atom is 0.256 e. The molecule has 2 aliphatic carbocycles. The van der Waals surface area contributed by atoms with Gasteiger partial charge in [0.05, 0.1) is 11.4 Å². The first-order valence-electron chi connectivity index (χ1n) is 14.4. The third kappa shape index (κ3) is 6.75. The summed E-state index contributed by atoms with van der Waals surface area (Å²) in [4.78, 5) is 45.1. The standard InChI is InChI=1S/C28H46N6O2/c1-4-9-24(29-3)25-23(5-2)26(35)31-28(30-25)34(20-21-10-7-6-8-11-21)19-16-32-14-17-33(18-15-32)27(36)22-12-13-22/h21-22H,4-20H2,1-3H3,(H,30,31,35). The molecule has 0 spiro atoms. The van der Waals surface area contributed by atoms with Crippen LogP contribution in [0.3, 0.4) is 0 Å². The zero-order chi connectivity index (χ0) is 25.5. The van der Waals surface area contributed by atoms with Gasteiger partial charge in [-0.15, -0.1) is 0 Å². The summed E-state index contributed by atoms with van der Waals surface area (Å²) in [7, 11) is 1.81. The maximum atomic E-state index is 13.2. The highest BCUT2D eigenvalue weighted by Gasteiger charge is 2.34. The highest BCUT2D eigenvalue weighted by Crippen LogP contribution is 2.31. The Morgan fingerprint density at radius 1 is 1.08 bits per heavy atom. The van der Waals surface area contributed by atoms with Gasteiger partial charge in [0.1, 0.15) is 0 Å². The molecule has 1 amide bonds. The molecule has 8 nitrogen and oxygen atoms in total. The van der Waals surface area contributed by atoms with Crippen molar-refractivity contribution >= 4 is 17.6 Å². The van der Waals surface area contributed by atoms with E-state index >= 15 is 0 Å². The van der Waals surface area contributed by atoms with E-state index < -0.39 is 0 Å². The molecule has 2 saturated carbocycles. The summed E-state index contributed by atoms with van der Waals surface area (Å²) in [5.74, 6) is 1.99. The molecule has 200 valence electrons. The normalized spacial score (nSPS) is 20.1. The Balaban J connectivity index is 1.49. The molecule has 3 aliphatic rings. The monoisotopic (exact) mass is 498 g/mol. The van der Waals surface area contributed by atoms with Crippen LogP contribution in [0, 0.1) is 11.8 Å². The quantitative estimate of drug-likeness (QED) is 0.472. The van der Waals surface area contributed by atoms with E-state index in [-0.39, 0.29) is 5.56 Å². The molecule has 0 bridgehead atoms. The number of aliphatic imine (C=N–C) groups is 1. The van der Waals surface area contributed by atoms with Gasteiger partial charge in [-0.2, -0.15) is 0 Å². The number of amides is 1. The van der Waals surface area contributed by atoms with Crippen LogP contribution >= 0.6 is 0 Å². The number of piperazine rings is 1. The van der Waals surface area contributed by atoms with E-state index in [4.69, 9.17) is 4.98 Å². The van der Waals surface area contributed by atoms with Crippen molar-refractivity contribution in [3.8, 4) is 0 Å². The van der Waals surface area contributed by atoms with Gasteiger partial charge in [-0.05, 0) is 44.4 Å². The molecule has 0 unspecified atom stereocenters. The molecular weight excluding hydrogens is 452 g/mol. The Kier molecular flexibility index (Phi) is 9.57. The number of aromatic amines is 1. The first-order valence-corrected chi connectivity index (χ1v) is 14.4. The van der Waals surface area contributed by atoms with Gasteiger partial charge in [-0.3, -0.25) is 24.5 Å². The molecule has 1 aromatic heterocycles. The second kappa shape index (κ2) is 12.8. The van der Waals surface area contributed by atoms with Crippen molar-refractivity contribution in [2.75, 3.05) is 57.8 Å². The van der Waals surface area contributed by atoms with Gasteiger partial charge in [0.15, 0.2) is 0 Å². The van der Waals surface area contributed by atoms with Crippen LogP contribution in [-0.2, 0) is 11.2 Å². The second-order valence-electron chi connectivity index (χ2n) is 10.9. The van der Waals surface area contributed by atoms with Crippen LogP contribution in [0.2, 0.25) is 0 Å². The number of hydrogen-bond donors (Lipinski definition) is 1. The van der Waals surface area contributed by atoms with Gasteiger partial charge in [0, 0.05) is 64.3 Å². The Labute approximate surface area is 216 Å². The average molecular weight is 499 g/mol. The van der Waals surface area contributed by atoms with Gasteiger partial charge in [-0.25, -0.2) is 4.98 Å². The van der Waals surface area contributed by atoms with E-state index in [0.717, 1.165) is 88.5 Å². The van der Waals surface area contributed by atoms with Crippen molar-refractivity contribution in [2.24, 2.45) is 16.8 Å². The van der Waals surface area contributed by atoms with Crippen LogP contribution in [0.4, 0.5) is 5.95 Å². The zero-order valence-electron chi connectivity index (χ0n) is 22.7. The third-order valence-electron chi connectivity index (χ3n) is 8.19. The average Bonchev–Trinajstić information content (AvgIpc) is 3.75. The van der Waals surface area contributed by atoms with E-state index in [2.05, 4.69) is 31.6 Å². The van der Waals surface area contributed by atoms with Gasteiger partial charge in [-0.1, -0.05) is 39.5 Å². The number of H-pyrrole nitrogens is 1. The fourth-order valence-electron chi connectivity index (χ4n) is 5.78. The lowest BCUT2D eigenvalue weighted by Crippen LogP contribution is -2.51. The first kappa shape index (κ1) is 26.8. The van der Waals surface area contributed by atoms with Crippen LogP contribution < -0.4 is 10.5 Å². The van der Waals surface area contributed by atoms with Crippen LogP contribution in [0.5, 0.6) is 0 Å². The van der Waals surface area contributed by atoms with E-state index in [1.807, 2.05) is 6.92 Å². The predicted octanol–water partition coefficient (Wildman–Crippen LogP) is 3.49. The van der Waals surface area contributed by atoms with E-state index in [0.29, 0.717) is 30.1 Å². The lowest BCUT2D eigenvalue weighted by Gasteiger charge is -2.37. The van der Waals surface area contributed by atoms with Crippen LogP contribution in [0.1, 0.15) is 82.9 Å². The number of hydrogen-bond acceptors (Lipinski definition) is 6. The van der Waals surface area contributed by atoms with Crippen molar-refractivity contribution in [3.05, 3.63) is 21.6 Å². The number of carbonyl (C=O) groups excluding carboxylic acids is 1. The van der Waals surface area contributed by atoms with E-state index in [1.165, 1.54) is 32.1 Å². The molecule has 0 aromatic carbocycles. The Morgan fingerprint density at radius 2 is 1.81 bits per heavy atom. The number of anilines is 1. The van der Waals surface area contributed by atoms with E-state index in [9.17, 15) is 9.59 Å². The molecule has 1 saturated heterocycles. The van der Waals surface area contributed by atoms with Gasteiger partial charge < -0.3 is 9.80 Å². The SMILES string of the molecule is CCCC(=NC)c1nc(N(CCN2CCN(C(=O)C3CC3)CC2)CC2CCCCC2)[nH]c(=O)c1CC. The van der Waals surface area contributed by atoms with Gasteiger partial charge in [0.25, 0.3) is 5.56 Å². The minimum atomic E-state index is -0.0319. The summed E-state index contributed by atoms with van der Waals surface area (Å²) in [6.45, 7) is 10.3. The second-order valence-corrected chi connectivity index (χ2v) is 10.9. The zero-order valence-corrected chi connectivity index (χ0v) is 22.7. The molecule has 1 aromatic rings. The van der Waals surface area contributed by atoms with Crippen LogP contribution in [0.25, 0.3) is 0 Å². The molecule has 0 atom stereocenters. The smallest absolute Gasteiger partial charge is 0.256 e. The summed E-state index contributed by atoms with van der Waals surface area (Å²) in [6.07, 6.45) is 11.0. The number of aromatic nitrogens is 2. The van der Waals surface area contributed by atoms with Crippen LogP contribution in [0.15, 0.2) is 9.79 Å². The molecule has 36 heavy (non-hydrogen) atoms. The largest absolute Gasteiger partial charge is 0.341 e. The summed E-state index contributed by atoms with van der Waals surface area (Å²) >= 11 is 0. The predicted molar refractivity (Wildman–Crippen MR) is 146 cm³/mol. The molecule has 1 N–H and O–H groups in total. The highest BCUT2D eigenvalue weighted by molar-refractivity contribution is 6.00. The number of nitrogens with zero attached hydrogens (tertiary/aromatic N) is 5. The third-order valence-corrected chi connectivity index (χ3v) is 8.19. The van der Waals surface area contributed by atoms with Crippen molar-refractivity contribution in [2.45, 2.75) is 78.1 Å². The minimum absolute atomic E-state index is 0.0319. The maximum absolute atomic E-state index is 13.2. The fourth-order valence-corrected chi connectivity index (χ4v) is 5.78. The van der Waals surface area contributed by atoms with Gasteiger partial charge >= 0.3 is 0 Å². The number of rotatable bonds is 11. The number of carbonyl (C=O) groups is 1. The molecule has 4 rings (SSSR count). The summed E-state index contributed by atoms with van der Waals surface area (Å²) in [5, 5.41) is 0.